The largest absolute Gasteiger partial charge is 0.361 e. The SMILES string of the molecule is Cc1oncc1C(=O)Nc1ccc(NC(=O)[C@H]2CCN[C@@H](C)C2)cc1. The van der Waals surface area contributed by atoms with E-state index in [1.54, 1.807) is 31.2 Å². The van der Waals surface area contributed by atoms with Gasteiger partial charge >= 0.3 is 0 Å². The zero-order chi connectivity index (χ0) is 17.8. The predicted molar refractivity (Wildman–Crippen MR) is 94.5 cm³/mol. The number of amides is 2. The van der Waals surface area contributed by atoms with Gasteiger partial charge in [-0.25, -0.2) is 0 Å². The Morgan fingerprint density at radius 3 is 2.48 bits per heavy atom. The number of nitrogens with zero attached hydrogens (tertiary/aromatic N) is 1. The van der Waals surface area contributed by atoms with Crippen LogP contribution in [0, 0.1) is 12.8 Å². The average molecular weight is 342 g/mol. The Hall–Kier alpha value is -2.67. The van der Waals surface area contributed by atoms with Crippen LogP contribution >= 0.6 is 0 Å². The molecule has 0 unspecified atom stereocenters. The number of nitrogens with one attached hydrogen (secondary N) is 3. The van der Waals surface area contributed by atoms with Crippen molar-refractivity contribution in [1.29, 1.82) is 0 Å². The normalized spacial score (nSPS) is 20.1. The van der Waals surface area contributed by atoms with Crippen molar-refractivity contribution in [3.8, 4) is 0 Å². The van der Waals surface area contributed by atoms with Crippen molar-refractivity contribution in [2.45, 2.75) is 32.7 Å². The van der Waals surface area contributed by atoms with Crippen molar-refractivity contribution < 1.29 is 14.1 Å². The molecule has 2 amide bonds. The van der Waals surface area contributed by atoms with Crippen molar-refractivity contribution in [3.63, 3.8) is 0 Å². The minimum atomic E-state index is -0.278. The van der Waals surface area contributed by atoms with Gasteiger partial charge in [-0.15, -0.1) is 0 Å². The minimum absolute atomic E-state index is 0.0344. The Kier molecular flexibility index (Phi) is 5.14. The van der Waals surface area contributed by atoms with Crippen LogP contribution in [0.25, 0.3) is 0 Å². The number of rotatable bonds is 4. The highest BCUT2D eigenvalue weighted by Gasteiger charge is 2.24. The standard InChI is InChI=1S/C18H22N4O3/c1-11-9-13(7-8-19-11)17(23)21-14-3-5-15(6-4-14)22-18(24)16-10-20-25-12(16)2/h3-6,10-11,13,19H,7-9H2,1-2H3,(H,21,23)(H,22,24)/t11-,13-/m0/s1. The molecule has 0 spiro atoms. The number of carbonyl (C=O) groups excluding carboxylic acids is 2. The van der Waals surface area contributed by atoms with Crippen LogP contribution in [0.2, 0.25) is 0 Å². The fraction of sp³-hybridized carbons (Fsp3) is 0.389. The first-order valence-corrected chi connectivity index (χ1v) is 8.40. The van der Waals surface area contributed by atoms with Crippen LogP contribution in [0.4, 0.5) is 11.4 Å². The fourth-order valence-corrected chi connectivity index (χ4v) is 2.97. The zero-order valence-corrected chi connectivity index (χ0v) is 14.3. The second-order valence-electron chi connectivity index (χ2n) is 6.39. The van der Waals surface area contributed by atoms with Gasteiger partial charge in [0.2, 0.25) is 5.91 Å². The Balaban J connectivity index is 1.58. The van der Waals surface area contributed by atoms with Gasteiger partial charge in [-0.05, 0) is 57.5 Å². The van der Waals surface area contributed by atoms with Crippen LogP contribution in [0.3, 0.4) is 0 Å². The van der Waals surface area contributed by atoms with Crippen molar-refractivity contribution >= 4 is 23.2 Å². The highest BCUT2D eigenvalue weighted by molar-refractivity contribution is 6.04. The molecule has 0 saturated carbocycles. The molecule has 1 aliphatic heterocycles. The summed E-state index contributed by atoms with van der Waals surface area (Å²) in [7, 11) is 0. The third-order valence-electron chi connectivity index (χ3n) is 4.40. The van der Waals surface area contributed by atoms with E-state index in [-0.39, 0.29) is 17.7 Å². The van der Waals surface area contributed by atoms with E-state index < -0.39 is 0 Å². The molecular weight excluding hydrogens is 320 g/mol. The van der Waals surface area contributed by atoms with Crippen molar-refractivity contribution in [2.24, 2.45) is 5.92 Å². The third-order valence-corrected chi connectivity index (χ3v) is 4.40. The molecule has 0 bridgehead atoms. The summed E-state index contributed by atoms with van der Waals surface area (Å²) in [5.41, 5.74) is 1.76. The van der Waals surface area contributed by atoms with Gasteiger partial charge in [-0.3, -0.25) is 9.59 Å². The summed E-state index contributed by atoms with van der Waals surface area (Å²) in [6.07, 6.45) is 3.08. The molecule has 2 heterocycles. The summed E-state index contributed by atoms with van der Waals surface area (Å²) in [4.78, 5) is 24.5. The second kappa shape index (κ2) is 7.48. The molecule has 3 rings (SSSR count). The predicted octanol–water partition coefficient (Wildman–Crippen LogP) is 2.56. The van der Waals surface area contributed by atoms with Gasteiger partial charge < -0.3 is 20.5 Å². The quantitative estimate of drug-likeness (QED) is 0.793. The molecule has 0 aliphatic carbocycles. The summed E-state index contributed by atoms with van der Waals surface area (Å²) in [5.74, 6) is 0.272. The highest BCUT2D eigenvalue weighted by Crippen LogP contribution is 2.20. The lowest BCUT2D eigenvalue weighted by Crippen LogP contribution is -2.40. The van der Waals surface area contributed by atoms with Crippen LogP contribution in [0.5, 0.6) is 0 Å². The maximum atomic E-state index is 12.3. The monoisotopic (exact) mass is 342 g/mol. The van der Waals surface area contributed by atoms with E-state index in [0.29, 0.717) is 23.1 Å². The van der Waals surface area contributed by atoms with Gasteiger partial charge in [0.25, 0.3) is 5.91 Å². The third kappa shape index (κ3) is 4.24. The molecule has 1 aliphatic rings. The van der Waals surface area contributed by atoms with Crippen LogP contribution < -0.4 is 16.0 Å². The summed E-state index contributed by atoms with van der Waals surface area (Å²) < 4.78 is 4.89. The molecule has 3 N–H and O–H groups in total. The molecule has 7 heteroatoms. The first-order valence-electron chi connectivity index (χ1n) is 8.40. The van der Waals surface area contributed by atoms with E-state index in [1.165, 1.54) is 6.20 Å². The van der Waals surface area contributed by atoms with Gasteiger partial charge in [0.05, 0.1) is 6.20 Å². The van der Waals surface area contributed by atoms with Crippen LogP contribution in [-0.4, -0.2) is 29.6 Å². The van der Waals surface area contributed by atoms with E-state index >= 15 is 0 Å². The number of aromatic nitrogens is 1. The number of aryl methyl sites for hydroxylation is 1. The van der Waals surface area contributed by atoms with E-state index in [4.69, 9.17) is 4.52 Å². The van der Waals surface area contributed by atoms with E-state index in [2.05, 4.69) is 28.0 Å². The first-order chi connectivity index (χ1) is 12.0. The molecule has 2 atom stereocenters. The molecular formula is C18H22N4O3. The zero-order valence-electron chi connectivity index (χ0n) is 14.3. The first kappa shape index (κ1) is 17.2. The Morgan fingerprint density at radius 1 is 1.20 bits per heavy atom. The van der Waals surface area contributed by atoms with Gasteiger partial charge in [0, 0.05) is 23.3 Å². The van der Waals surface area contributed by atoms with Gasteiger partial charge in [0.1, 0.15) is 11.3 Å². The lowest BCUT2D eigenvalue weighted by Gasteiger charge is -2.27. The van der Waals surface area contributed by atoms with Crippen LogP contribution in [0.15, 0.2) is 35.0 Å². The van der Waals surface area contributed by atoms with E-state index in [0.717, 1.165) is 25.1 Å². The summed E-state index contributed by atoms with van der Waals surface area (Å²) >= 11 is 0. The Labute approximate surface area is 146 Å². The number of piperidine rings is 1. The van der Waals surface area contributed by atoms with E-state index in [1.807, 2.05) is 0 Å². The number of benzene rings is 1. The van der Waals surface area contributed by atoms with Crippen molar-refractivity contribution in [1.82, 2.24) is 10.5 Å². The second-order valence-corrected chi connectivity index (χ2v) is 6.39. The molecule has 7 nitrogen and oxygen atoms in total. The Bertz CT molecular complexity index is 754. The molecule has 1 saturated heterocycles. The van der Waals surface area contributed by atoms with Crippen molar-refractivity contribution in [3.05, 3.63) is 41.8 Å². The number of carbonyl (C=O) groups is 2. The number of hydrogen-bond donors (Lipinski definition) is 3. The molecule has 25 heavy (non-hydrogen) atoms. The Morgan fingerprint density at radius 2 is 1.88 bits per heavy atom. The molecule has 1 aromatic heterocycles. The van der Waals surface area contributed by atoms with Crippen LogP contribution in [0.1, 0.15) is 35.9 Å². The summed E-state index contributed by atoms with van der Waals surface area (Å²) in [6.45, 7) is 4.64. The van der Waals surface area contributed by atoms with Gasteiger partial charge in [0.15, 0.2) is 0 Å². The molecule has 132 valence electrons. The summed E-state index contributed by atoms with van der Waals surface area (Å²) in [6, 6.07) is 7.42. The van der Waals surface area contributed by atoms with Gasteiger partial charge in [-0.2, -0.15) is 0 Å². The lowest BCUT2D eigenvalue weighted by molar-refractivity contribution is -0.120. The highest BCUT2D eigenvalue weighted by atomic mass is 16.5. The lowest BCUT2D eigenvalue weighted by atomic mass is 9.92. The maximum absolute atomic E-state index is 12.3. The molecule has 0 radical (unpaired) electrons. The summed E-state index contributed by atoms with van der Waals surface area (Å²) in [5, 5.41) is 12.7. The molecule has 1 fully saturated rings. The average Bonchev–Trinajstić information content (AvgIpc) is 3.03. The van der Waals surface area contributed by atoms with Gasteiger partial charge in [-0.1, -0.05) is 5.16 Å². The fourth-order valence-electron chi connectivity index (χ4n) is 2.97. The van der Waals surface area contributed by atoms with E-state index in [9.17, 15) is 9.59 Å². The van der Waals surface area contributed by atoms with Crippen LogP contribution in [-0.2, 0) is 4.79 Å². The number of hydrogen-bond acceptors (Lipinski definition) is 5. The topological polar surface area (TPSA) is 96.3 Å². The molecule has 2 aromatic rings. The van der Waals surface area contributed by atoms with Crippen molar-refractivity contribution in [2.75, 3.05) is 17.2 Å². The minimum Gasteiger partial charge on any atom is -0.361 e. The number of anilines is 2. The molecule has 1 aromatic carbocycles. The maximum Gasteiger partial charge on any atom is 0.260 e. The smallest absolute Gasteiger partial charge is 0.260 e.